The molecule has 1 unspecified atom stereocenters. The van der Waals surface area contributed by atoms with Crippen LogP contribution >= 0.6 is 11.6 Å². The van der Waals surface area contributed by atoms with Crippen molar-refractivity contribution in [3.63, 3.8) is 0 Å². The van der Waals surface area contributed by atoms with Crippen LogP contribution in [0.25, 0.3) is 0 Å². The Hall–Kier alpha value is -1.49. The van der Waals surface area contributed by atoms with Crippen LogP contribution in [0.2, 0.25) is 5.02 Å². The number of aliphatic carboxylic acids is 1. The molecule has 2 rings (SSSR count). The van der Waals surface area contributed by atoms with Crippen molar-refractivity contribution in [1.29, 1.82) is 0 Å². The van der Waals surface area contributed by atoms with Crippen LogP contribution in [-0.4, -0.2) is 25.3 Å². The smallest absolute Gasteiger partial charge is 0.303 e. The maximum absolute atomic E-state index is 13.9. The second-order valence-corrected chi connectivity index (χ2v) is 5.28. The monoisotopic (exact) mass is 302 g/mol. The van der Waals surface area contributed by atoms with E-state index in [1.165, 1.54) is 20.3 Å². The number of ether oxygens (including phenoxy) is 2. The largest absolute Gasteiger partial charge is 0.492 e. The molecule has 0 aromatic heterocycles. The molecule has 110 valence electrons. The van der Waals surface area contributed by atoms with Crippen molar-refractivity contribution in [2.24, 2.45) is 5.92 Å². The highest BCUT2D eigenvalue weighted by atomic mass is 35.5. The molecule has 0 aliphatic heterocycles. The molecule has 4 nitrogen and oxygen atoms in total. The Morgan fingerprint density at radius 2 is 2.05 bits per heavy atom. The van der Waals surface area contributed by atoms with E-state index in [1.54, 1.807) is 0 Å². The number of benzene rings is 1. The molecule has 1 aliphatic rings. The highest BCUT2D eigenvalue weighted by molar-refractivity contribution is 6.31. The first kappa shape index (κ1) is 14.9. The van der Waals surface area contributed by atoms with E-state index in [2.05, 4.69) is 0 Å². The first-order valence-corrected chi connectivity index (χ1v) is 6.69. The van der Waals surface area contributed by atoms with Crippen LogP contribution in [0.1, 0.15) is 30.7 Å². The van der Waals surface area contributed by atoms with Gasteiger partial charge in [-0.2, -0.15) is 0 Å². The second-order valence-electron chi connectivity index (χ2n) is 4.87. The molecular formula is C14H16ClFO4. The van der Waals surface area contributed by atoms with Gasteiger partial charge in [-0.15, -0.1) is 0 Å². The molecule has 1 atom stereocenters. The van der Waals surface area contributed by atoms with Crippen LogP contribution in [0, 0.1) is 11.7 Å². The summed E-state index contributed by atoms with van der Waals surface area (Å²) in [6.45, 7) is 0. The van der Waals surface area contributed by atoms with Gasteiger partial charge in [0.2, 0.25) is 0 Å². The molecule has 0 spiro atoms. The number of hydrogen-bond donors (Lipinski definition) is 1. The van der Waals surface area contributed by atoms with Crippen molar-refractivity contribution < 1.29 is 23.8 Å². The zero-order valence-electron chi connectivity index (χ0n) is 11.3. The van der Waals surface area contributed by atoms with Crippen LogP contribution in [-0.2, 0) is 4.79 Å². The Bertz CT molecular complexity index is 528. The number of hydrogen-bond acceptors (Lipinski definition) is 3. The van der Waals surface area contributed by atoms with E-state index in [0.29, 0.717) is 5.56 Å². The molecule has 1 saturated carbocycles. The molecule has 0 saturated heterocycles. The summed E-state index contributed by atoms with van der Waals surface area (Å²) in [6.07, 6.45) is 1.88. The number of carboxylic acids is 1. The second kappa shape index (κ2) is 5.87. The number of carbonyl (C=O) groups is 1. The molecule has 0 radical (unpaired) electrons. The third-order valence-electron chi connectivity index (χ3n) is 3.55. The lowest BCUT2D eigenvalue weighted by Crippen LogP contribution is -2.11. The third kappa shape index (κ3) is 2.82. The predicted molar refractivity (Wildman–Crippen MR) is 72.2 cm³/mol. The van der Waals surface area contributed by atoms with Crippen LogP contribution in [0.4, 0.5) is 4.39 Å². The topological polar surface area (TPSA) is 55.8 Å². The van der Waals surface area contributed by atoms with E-state index in [1.807, 2.05) is 0 Å². The lowest BCUT2D eigenvalue weighted by Gasteiger charge is -2.20. The number of carboxylic acid groups (broad SMARTS) is 1. The molecule has 1 aromatic carbocycles. The summed E-state index contributed by atoms with van der Waals surface area (Å²) in [5, 5.41) is 8.97. The van der Waals surface area contributed by atoms with Gasteiger partial charge in [0.05, 0.1) is 25.7 Å². The maximum atomic E-state index is 13.9. The minimum absolute atomic E-state index is 0.0356. The van der Waals surface area contributed by atoms with Gasteiger partial charge in [0, 0.05) is 11.5 Å². The highest BCUT2D eigenvalue weighted by Gasteiger charge is 2.37. The van der Waals surface area contributed by atoms with E-state index in [9.17, 15) is 9.18 Å². The first-order valence-electron chi connectivity index (χ1n) is 6.31. The summed E-state index contributed by atoms with van der Waals surface area (Å²) in [5.74, 6) is -1.41. The Morgan fingerprint density at radius 3 is 2.50 bits per heavy atom. The third-order valence-corrected chi connectivity index (χ3v) is 3.83. The first-order chi connectivity index (χ1) is 9.49. The van der Waals surface area contributed by atoms with Crippen LogP contribution in [0.15, 0.2) is 6.07 Å². The van der Waals surface area contributed by atoms with Crippen molar-refractivity contribution in [2.45, 2.75) is 25.2 Å². The Balaban J connectivity index is 2.52. The Labute approximate surface area is 121 Å². The molecule has 6 heteroatoms. The summed E-state index contributed by atoms with van der Waals surface area (Å²) >= 11 is 5.87. The Morgan fingerprint density at radius 1 is 1.45 bits per heavy atom. The van der Waals surface area contributed by atoms with Crippen molar-refractivity contribution >= 4 is 17.6 Å². The van der Waals surface area contributed by atoms with E-state index in [4.69, 9.17) is 26.2 Å². The molecule has 20 heavy (non-hydrogen) atoms. The number of halogens is 2. The fraction of sp³-hybridized carbons (Fsp3) is 0.500. The lowest BCUT2D eigenvalue weighted by atomic mass is 9.90. The minimum atomic E-state index is -0.900. The number of methoxy groups -OCH3 is 2. The van der Waals surface area contributed by atoms with Gasteiger partial charge in [0.25, 0.3) is 0 Å². The van der Waals surface area contributed by atoms with Gasteiger partial charge in [0.1, 0.15) is 0 Å². The SMILES string of the molecule is COc1c(C(CC(=O)O)C2CC2)cc(Cl)c(F)c1OC. The van der Waals surface area contributed by atoms with Gasteiger partial charge >= 0.3 is 5.97 Å². The fourth-order valence-electron chi connectivity index (χ4n) is 2.49. The van der Waals surface area contributed by atoms with Crippen LogP contribution in [0.3, 0.4) is 0 Å². The van der Waals surface area contributed by atoms with E-state index < -0.39 is 11.8 Å². The van der Waals surface area contributed by atoms with Crippen molar-refractivity contribution in [1.82, 2.24) is 0 Å². The molecule has 0 heterocycles. The van der Waals surface area contributed by atoms with Crippen LogP contribution < -0.4 is 9.47 Å². The van der Waals surface area contributed by atoms with E-state index in [-0.39, 0.29) is 34.8 Å². The molecule has 1 fully saturated rings. The normalized spacial score (nSPS) is 15.8. The standard InChI is InChI=1S/C14H16ClFO4/c1-19-13-9(5-10(15)12(16)14(13)20-2)8(6-11(17)18)7-3-4-7/h5,7-8H,3-4,6H2,1-2H3,(H,17,18). The number of rotatable bonds is 6. The van der Waals surface area contributed by atoms with Gasteiger partial charge in [-0.3, -0.25) is 4.79 Å². The molecule has 1 aliphatic carbocycles. The highest BCUT2D eigenvalue weighted by Crippen LogP contribution is 2.50. The van der Waals surface area contributed by atoms with Gasteiger partial charge < -0.3 is 14.6 Å². The summed E-state index contributed by atoms with van der Waals surface area (Å²) < 4.78 is 24.2. The summed E-state index contributed by atoms with van der Waals surface area (Å²) in [4.78, 5) is 11.0. The average molecular weight is 303 g/mol. The van der Waals surface area contributed by atoms with Crippen molar-refractivity contribution in [3.8, 4) is 11.5 Å². The van der Waals surface area contributed by atoms with E-state index >= 15 is 0 Å². The summed E-state index contributed by atoms with van der Waals surface area (Å²) in [7, 11) is 2.73. The average Bonchev–Trinajstić information content (AvgIpc) is 3.22. The molecule has 1 aromatic rings. The quantitative estimate of drug-likeness (QED) is 0.874. The zero-order valence-corrected chi connectivity index (χ0v) is 12.0. The van der Waals surface area contributed by atoms with Gasteiger partial charge in [-0.25, -0.2) is 4.39 Å². The van der Waals surface area contributed by atoms with Crippen LogP contribution in [0.5, 0.6) is 11.5 Å². The Kier molecular flexibility index (Phi) is 4.38. The maximum Gasteiger partial charge on any atom is 0.303 e. The lowest BCUT2D eigenvalue weighted by molar-refractivity contribution is -0.137. The minimum Gasteiger partial charge on any atom is -0.492 e. The van der Waals surface area contributed by atoms with Gasteiger partial charge in [-0.05, 0) is 24.8 Å². The summed E-state index contributed by atoms with van der Waals surface area (Å²) in [6, 6.07) is 1.45. The van der Waals surface area contributed by atoms with Crippen molar-refractivity contribution in [3.05, 3.63) is 22.5 Å². The molecule has 0 amide bonds. The predicted octanol–water partition coefficient (Wildman–Crippen LogP) is 3.46. The fourth-order valence-corrected chi connectivity index (χ4v) is 2.69. The molecule has 0 bridgehead atoms. The molecular weight excluding hydrogens is 287 g/mol. The molecule has 1 N–H and O–H groups in total. The zero-order chi connectivity index (χ0) is 14.9. The summed E-state index contributed by atoms with van der Waals surface area (Å²) in [5.41, 5.74) is 0.598. The van der Waals surface area contributed by atoms with Gasteiger partial charge in [0.15, 0.2) is 17.3 Å². The van der Waals surface area contributed by atoms with E-state index in [0.717, 1.165) is 12.8 Å². The van der Waals surface area contributed by atoms with Crippen molar-refractivity contribution in [2.75, 3.05) is 14.2 Å². The van der Waals surface area contributed by atoms with Gasteiger partial charge in [-0.1, -0.05) is 11.6 Å².